The number of carbonyl (C=O) groups is 3. The Bertz CT molecular complexity index is 1480. The Morgan fingerprint density at radius 1 is 0.921 bits per heavy atom. The van der Waals surface area contributed by atoms with E-state index in [4.69, 9.17) is 21.2 Å². The Kier molecular flexibility index (Phi) is 8.12. The zero-order chi connectivity index (χ0) is 27.1. The van der Waals surface area contributed by atoms with Gasteiger partial charge in [0.1, 0.15) is 18.2 Å². The molecule has 0 aliphatic heterocycles. The molecule has 0 saturated carbocycles. The molecule has 4 rings (SSSR count). The van der Waals surface area contributed by atoms with Crippen molar-refractivity contribution < 1.29 is 19.5 Å². The molecule has 0 saturated heterocycles. The highest BCUT2D eigenvalue weighted by atomic mass is 16.4. The number of amidine groups is 1. The molecule has 194 valence electrons. The van der Waals surface area contributed by atoms with Gasteiger partial charge < -0.3 is 26.0 Å². The van der Waals surface area contributed by atoms with Crippen LogP contribution >= 0.6 is 0 Å². The van der Waals surface area contributed by atoms with Gasteiger partial charge in [-0.05, 0) is 30.2 Å². The Balaban J connectivity index is 1.60. The molecule has 38 heavy (non-hydrogen) atoms. The van der Waals surface area contributed by atoms with Crippen LogP contribution in [0.3, 0.4) is 0 Å². The first-order valence-corrected chi connectivity index (χ1v) is 12.1. The maximum absolute atomic E-state index is 12.9. The third-order valence-corrected chi connectivity index (χ3v) is 5.97. The zero-order valence-electron chi connectivity index (χ0n) is 20.6. The summed E-state index contributed by atoms with van der Waals surface area (Å²) in [7, 11) is 0. The van der Waals surface area contributed by atoms with Crippen molar-refractivity contribution in [3.63, 3.8) is 0 Å². The van der Waals surface area contributed by atoms with E-state index in [2.05, 4.69) is 10.6 Å². The van der Waals surface area contributed by atoms with Crippen LogP contribution in [0.15, 0.2) is 72.8 Å². The second-order valence-electron chi connectivity index (χ2n) is 8.70. The van der Waals surface area contributed by atoms with Crippen molar-refractivity contribution in [1.82, 2.24) is 20.2 Å². The topological polar surface area (TPSA) is 163 Å². The van der Waals surface area contributed by atoms with Gasteiger partial charge in [-0.15, -0.1) is 0 Å². The van der Waals surface area contributed by atoms with Crippen molar-refractivity contribution in [3.05, 3.63) is 89.5 Å². The fourth-order valence-corrected chi connectivity index (χ4v) is 4.03. The number of carbonyl (C=O) groups excluding carboxylic acids is 2. The molecule has 2 amide bonds. The molecule has 0 radical (unpaired) electrons. The highest BCUT2D eigenvalue weighted by Gasteiger charge is 2.17. The van der Waals surface area contributed by atoms with E-state index in [1.54, 1.807) is 47.0 Å². The third-order valence-electron chi connectivity index (χ3n) is 5.97. The first-order valence-electron chi connectivity index (χ1n) is 12.1. The zero-order valence-corrected chi connectivity index (χ0v) is 20.6. The minimum atomic E-state index is -0.998. The Labute approximate surface area is 219 Å². The number of nitrogen functional groups attached to an aromatic ring is 1. The van der Waals surface area contributed by atoms with Crippen molar-refractivity contribution >= 4 is 34.7 Å². The number of benzene rings is 3. The molecule has 0 spiro atoms. The number of fused-ring (bicyclic) bond motifs is 1. The van der Waals surface area contributed by atoms with E-state index in [1.807, 2.05) is 30.3 Å². The van der Waals surface area contributed by atoms with Crippen molar-refractivity contribution in [2.75, 3.05) is 13.1 Å². The summed E-state index contributed by atoms with van der Waals surface area (Å²) in [6, 6.07) is 21.8. The van der Waals surface area contributed by atoms with Crippen LogP contribution in [0.2, 0.25) is 0 Å². The van der Waals surface area contributed by atoms with Crippen LogP contribution < -0.4 is 16.4 Å². The van der Waals surface area contributed by atoms with Crippen LogP contribution in [0.1, 0.15) is 27.9 Å². The van der Waals surface area contributed by atoms with Gasteiger partial charge >= 0.3 is 5.97 Å². The third kappa shape index (κ3) is 6.41. The lowest BCUT2D eigenvalue weighted by molar-refractivity contribution is -0.136. The van der Waals surface area contributed by atoms with Crippen LogP contribution in [-0.4, -0.2) is 51.4 Å². The molecule has 3 aromatic carbocycles. The number of nitrogens with zero attached hydrogens (tertiary/aromatic N) is 2. The summed E-state index contributed by atoms with van der Waals surface area (Å²) in [5.74, 6) is -1.12. The lowest BCUT2D eigenvalue weighted by Gasteiger charge is -2.11. The first-order chi connectivity index (χ1) is 18.3. The van der Waals surface area contributed by atoms with E-state index in [0.717, 1.165) is 11.1 Å². The summed E-state index contributed by atoms with van der Waals surface area (Å²) in [6.45, 7) is 0.509. The molecule has 0 aliphatic rings. The molecule has 4 aromatic rings. The van der Waals surface area contributed by atoms with E-state index in [0.29, 0.717) is 41.0 Å². The SMILES string of the molecule is N=C(N)c1ccc(-c2nc3cc(C(=O)NCCC(=O)O)ccc3n2CC(=O)NCCc2ccccc2)cc1. The van der Waals surface area contributed by atoms with Crippen LogP contribution in [0.25, 0.3) is 22.4 Å². The minimum Gasteiger partial charge on any atom is -0.481 e. The van der Waals surface area contributed by atoms with Gasteiger partial charge in [0, 0.05) is 29.8 Å². The lowest BCUT2D eigenvalue weighted by atomic mass is 10.1. The molecule has 6 N–H and O–H groups in total. The summed E-state index contributed by atoms with van der Waals surface area (Å²) in [5.41, 5.74) is 9.50. The van der Waals surface area contributed by atoms with Gasteiger partial charge in [-0.2, -0.15) is 0 Å². The smallest absolute Gasteiger partial charge is 0.305 e. The van der Waals surface area contributed by atoms with Crippen molar-refractivity contribution in [2.24, 2.45) is 5.73 Å². The van der Waals surface area contributed by atoms with Crippen molar-refractivity contribution in [1.29, 1.82) is 5.41 Å². The number of hydrogen-bond donors (Lipinski definition) is 5. The van der Waals surface area contributed by atoms with Crippen LogP contribution in [0, 0.1) is 5.41 Å². The minimum absolute atomic E-state index is 0.0115. The Hall–Kier alpha value is -4.99. The van der Waals surface area contributed by atoms with Crippen LogP contribution in [0.5, 0.6) is 0 Å². The van der Waals surface area contributed by atoms with E-state index < -0.39 is 11.9 Å². The molecule has 0 bridgehead atoms. The predicted octanol–water partition coefficient (Wildman–Crippen LogP) is 2.55. The Morgan fingerprint density at radius 3 is 2.32 bits per heavy atom. The molecule has 0 aliphatic carbocycles. The number of hydrogen-bond acceptors (Lipinski definition) is 5. The number of nitrogens with one attached hydrogen (secondary N) is 3. The fourth-order valence-electron chi connectivity index (χ4n) is 4.03. The summed E-state index contributed by atoms with van der Waals surface area (Å²) < 4.78 is 1.78. The summed E-state index contributed by atoms with van der Waals surface area (Å²) in [4.78, 5) is 40.9. The molecule has 0 atom stereocenters. The Morgan fingerprint density at radius 2 is 1.63 bits per heavy atom. The monoisotopic (exact) mass is 512 g/mol. The van der Waals surface area contributed by atoms with Gasteiger partial charge in [0.15, 0.2) is 0 Å². The average molecular weight is 513 g/mol. The van der Waals surface area contributed by atoms with E-state index in [-0.39, 0.29) is 31.3 Å². The standard InChI is InChI=1S/C28H28N6O4/c29-26(30)19-6-8-20(9-7-19)27-33-22-16-21(28(38)32-15-13-25(36)37)10-11-23(22)34(27)17-24(35)31-14-12-18-4-2-1-3-5-18/h1-11,16H,12-15,17H2,(H3,29,30)(H,31,35)(H,32,38)(H,36,37). The van der Waals surface area contributed by atoms with E-state index in [1.165, 1.54) is 0 Å². The number of rotatable bonds is 11. The molecular formula is C28H28N6O4. The van der Waals surface area contributed by atoms with Gasteiger partial charge in [0.25, 0.3) is 5.91 Å². The fraction of sp³-hybridized carbons (Fsp3) is 0.179. The largest absolute Gasteiger partial charge is 0.481 e. The second-order valence-corrected chi connectivity index (χ2v) is 8.70. The number of imidazole rings is 1. The highest BCUT2D eigenvalue weighted by molar-refractivity contribution is 5.98. The average Bonchev–Trinajstić information content (AvgIpc) is 3.26. The molecule has 0 unspecified atom stereocenters. The highest BCUT2D eigenvalue weighted by Crippen LogP contribution is 2.26. The number of carboxylic acids is 1. The van der Waals surface area contributed by atoms with Crippen molar-refractivity contribution in [3.8, 4) is 11.4 Å². The summed E-state index contributed by atoms with van der Waals surface area (Å²) >= 11 is 0. The van der Waals surface area contributed by atoms with Crippen LogP contribution in [-0.2, 0) is 22.6 Å². The number of aromatic nitrogens is 2. The van der Waals surface area contributed by atoms with Gasteiger partial charge in [-0.1, -0.05) is 54.6 Å². The van der Waals surface area contributed by atoms with Gasteiger partial charge in [0.2, 0.25) is 5.91 Å². The van der Waals surface area contributed by atoms with Crippen molar-refractivity contribution in [2.45, 2.75) is 19.4 Å². The normalized spacial score (nSPS) is 10.7. The number of nitrogens with two attached hydrogens (primary N) is 1. The first kappa shape index (κ1) is 26.1. The molecule has 1 aromatic heterocycles. The van der Waals surface area contributed by atoms with Gasteiger partial charge in [-0.25, -0.2) is 4.98 Å². The van der Waals surface area contributed by atoms with Gasteiger partial charge in [0.05, 0.1) is 17.5 Å². The molecular weight excluding hydrogens is 484 g/mol. The molecule has 10 heteroatoms. The summed E-state index contributed by atoms with van der Waals surface area (Å²) in [6.07, 6.45) is 0.527. The van der Waals surface area contributed by atoms with Crippen LogP contribution in [0.4, 0.5) is 0 Å². The molecule has 1 heterocycles. The van der Waals surface area contributed by atoms with E-state index >= 15 is 0 Å². The maximum atomic E-state index is 12.9. The molecule has 10 nitrogen and oxygen atoms in total. The maximum Gasteiger partial charge on any atom is 0.305 e. The number of amides is 2. The number of carboxylic acid groups (broad SMARTS) is 1. The number of aliphatic carboxylic acids is 1. The van der Waals surface area contributed by atoms with Gasteiger partial charge in [-0.3, -0.25) is 19.8 Å². The quantitative estimate of drug-likeness (QED) is 0.153. The van der Waals surface area contributed by atoms with E-state index in [9.17, 15) is 14.4 Å². The summed E-state index contributed by atoms with van der Waals surface area (Å²) in [5, 5.41) is 22.0. The molecule has 0 fully saturated rings. The second kappa shape index (κ2) is 11.8. The predicted molar refractivity (Wildman–Crippen MR) is 144 cm³/mol. The lowest BCUT2D eigenvalue weighted by Crippen LogP contribution is -2.29.